The Hall–Kier alpha value is -0.750. The molecule has 7 heteroatoms. The standard InChI is InChI=1S/C13H20Cl2N4O/c14-5-10-17(11-6-15)7-3-9-19-13(20)18-8-2-1-4-12(18)16-19/h1-2,4,8,12,16H,3,5-7,9-11H2. The van der Waals surface area contributed by atoms with Gasteiger partial charge < -0.3 is 4.90 Å². The van der Waals surface area contributed by atoms with E-state index >= 15 is 0 Å². The summed E-state index contributed by atoms with van der Waals surface area (Å²) >= 11 is 11.5. The summed E-state index contributed by atoms with van der Waals surface area (Å²) in [5.41, 5.74) is 3.18. The van der Waals surface area contributed by atoms with Crippen LogP contribution in [0, 0.1) is 0 Å². The van der Waals surface area contributed by atoms with E-state index in [1.807, 2.05) is 18.2 Å². The van der Waals surface area contributed by atoms with Crippen LogP contribution >= 0.6 is 23.2 Å². The van der Waals surface area contributed by atoms with Crippen LogP contribution in [0.1, 0.15) is 6.42 Å². The lowest BCUT2D eigenvalue weighted by molar-refractivity contribution is 0.186. The number of carbonyl (C=O) groups is 1. The van der Waals surface area contributed by atoms with E-state index in [-0.39, 0.29) is 12.2 Å². The smallest absolute Gasteiger partial charge is 0.301 e. The molecular formula is C13H20Cl2N4O. The van der Waals surface area contributed by atoms with E-state index in [0.29, 0.717) is 18.3 Å². The predicted molar refractivity (Wildman–Crippen MR) is 81.6 cm³/mol. The van der Waals surface area contributed by atoms with Crippen molar-refractivity contribution in [2.45, 2.75) is 12.6 Å². The summed E-state index contributed by atoms with van der Waals surface area (Å²) in [4.78, 5) is 16.0. The van der Waals surface area contributed by atoms with Gasteiger partial charge in [0.05, 0.1) is 0 Å². The number of hydrogen-bond donors (Lipinski definition) is 1. The second kappa shape index (κ2) is 7.88. The number of hydrazine groups is 1. The Morgan fingerprint density at radius 1 is 1.20 bits per heavy atom. The van der Waals surface area contributed by atoms with Crippen LogP contribution in [0.4, 0.5) is 4.79 Å². The third kappa shape index (κ3) is 3.88. The Morgan fingerprint density at radius 3 is 2.60 bits per heavy atom. The van der Waals surface area contributed by atoms with E-state index in [1.165, 1.54) is 0 Å². The van der Waals surface area contributed by atoms with Gasteiger partial charge in [-0.1, -0.05) is 6.08 Å². The summed E-state index contributed by atoms with van der Waals surface area (Å²) in [6.45, 7) is 3.22. The lowest BCUT2D eigenvalue weighted by atomic mass is 10.3. The molecule has 112 valence electrons. The maximum Gasteiger partial charge on any atom is 0.340 e. The summed E-state index contributed by atoms with van der Waals surface area (Å²) in [5.74, 6) is 1.20. The number of amides is 2. The molecule has 2 aliphatic heterocycles. The molecule has 1 atom stereocenters. The van der Waals surface area contributed by atoms with E-state index < -0.39 is 0 Å². The molecule has 0 aromatic heterocycles. The van der Waals surface area contributed by atoms with Gasteiger partial charge in [-0.15, -0.1) is 23.2 Å². The normalized spacial score (nSPS) is 21.1. The SMILES string of the molecule is O=C1N(CCCN(CCCl)CCCl)NC2C=CC=CN12. The molecule has 0 radical (unpaired) electrons. The molecule has 0 aromatic rings. The second-order valence-corrected chi connectivity index (χ2v) is 5.47. The van der Waals surface area contributed by atoms with Crippen LogP contribution < -0.4 is 5.43 Å². The topological polar surface area (TPSA) is 38.8 Å². The van der Waals surface area contributed by atoms with Crippen LogP contribution in [0.5, 0.6) is 0 Å². The van der Waals surface area contributed by atoms with Gasteiger partial charge in [0.25, 0.3) is 0 Å². The van der Waals surface area contributed by atoms with E-state index in [0.717, 1.165) is 26.1 Å². The molecule has 0 bridgehead atoms. The first-order chi connectivity index (χ1) is 9.76. The van der Waals surface area contributed by atoms with Crippen molar-refractivity contribution >= 4 is 29.2 Å². The van der Waals surface area contributed by atoms with Crippen LogP contribution in [0.15, 0.2) is 24.4 Å². The van der Waals surface area contributed by atoms with Crippen LogP contribution in [0.3, 0.4) is 0 Å². The van der Waals surface area contributed by atoms with Gasteiger partial charge in [-0.05, 0) is 25.1 Å². The van der Waals surface area contributed by atoms with Crippen LogP contribution in [0.25, 0.3) is 0 Å². The van der Waals surface area contributed by atoms with Gasteiger partial charge in [-0.25, -0.2) is 10.2 Å². The van der Waals surface area contributed by atoms with E-state index in [4.69, 9.17) is 23.2 Å². The molecule has 1 saturated heterocycles. The quantitative estimate of drug-likeness (QED) is 0.694. The van der Waals surface area contributed by atoms with Crippen molar-refractivity contribution in [3.63, 3.8) is 0 Å². The Kier molecular flexibility index (Phi) is 6.16. The van der Waals surface area contributed by atoms with Gasteiger partial charge in [0.1, 0.15) is 6.17 Å². The molecule has 2 heterocycles. The van der Waals surface area contributed by atoms with Gasteiger partial charge >= 0.3 is 6.03 Å². The third-order valence-corrected chi connectivity index (χ3v) is 3.69. The van der Waals surface area contributed by atoms with Crippen molar-refractivity contribution in [1.29, 1.82) is 0 Å². The van der Waals surface area contributed by atoms with Crippen molar-refractivity contribution in [3.8, 4) is 0 Å². The van der Waals surface area contributed by atoms with Crippen molar-refractivity contribution < 1.29 is 4.79 Å². The lowest BCUT2D eigenvalue weighted by Crippen LogP contribution is -2.39. The molecular weight excluding hydrogens is 299 g/mol. The van der Waals surface area contributed by atoms with Gasteiger partial charge in [0.15, 0.2) is 0 Å². The number of fused-ring (bicyclic) bond motifs is 1. The second-order valence-electron chi connectivity index (χ2n) is 4.71. The highest BCUT2D eigenvalue weighted by atomic mass is 35.5. The first-order valence-corrected chi connectivity index (χ1v) is 7.88. The monoisotopic (exact) mass is 318 g/mol. The number of carbonyl (C=O) groups excluding carboxylic acids is 1. The number of urea groups is 1. The van der Waals surface area contributed by atoms with Gasteiger partial charge in [0, 0.05) is 37.6 Å². The van der Waals surface area contributed by atoms with Gasteiger partial charge in [-0.2, -0.15) is 0 Å². The van der Waals surface area contributed by atoms with Crippen LogP contribution in [-0.4, -0.2) is 64.9 Å². The first-order valence-electron chi connectivity index (χ1n) is 6.81. The number of rotatable bonds is 8. The van der Waals surface area contributed by atoms with Crippen molar-refractivity contribution in [2.75, 3.05) is 37.9 Å². The summed E-state index contributed by atoms with van der Waals surface area (Å²) in [6.07, 6.45) is 8.41. The highest BCUT2D eigenvalue weighted by Crippen LogP contribution is 2.16. The highest BCUT2D eigenvalue weighted by molar-refractivity contribution is 6.18. The molecule has 0 spiro atoms. The molecule has 2 aliphatic rings. The lowest BCUT2D eigenvalue weighted by Gasteiger charge is -2.21. The molecule has 0 aliphatic carbocycles. The molecule has 2 amide bonds. The zero-order valence-electron chi connectivity index (χ0n) is 11.3. The highest BCUT2D eigenvalue weighted by Gasteiger charge is 2.34. The molecule has 5 nitrogen and oxygen atoms in total. The number of hydrogen-bond acceptors (Lipinski definition) is 3. The van der Waals surface area contributed by atoms with Gasteiger partial charge in [0.2, 0.25) is 0 Å². The van der Waals surface area contributed by atoms with E-state index in [9.17, 15) is 4.79 Å². The fourth-order valence-electron chi connectivity index (χ4n) is 2.33. The fourth-order valence-corrected chi connectivity index (χ4v) is 2.80. The maximum atomic E-state index is 12.1. The molecule has 1 unspecified atom stereocenters. The van der Waals surface area contributed by atoms with Crippen molar-refractivity contribution in [3.05, 3.63) is 24.4 Å². The zero-order chi connectivity index (χ0) is 14.4. The Balaban J connectivity index is 1.75. The average molecular weight is 319 g/mol. The van der Waals surface area contributed by atoms with E-state index in [1.54, 1.807) is 16.1 Å². The van der Waals surface area contributed by atoms with E-state index in [2.05, 4.69) is 10.3 Å². The molecule has 0 saturated carbocycles. The Morgan fingerprint density at radius 2 is 1.95 bits per heavy atom. The fraction of sp³-hybridized carbons (Fsp3) is 0.615. The Labute approximate surface area is 129 Å². The molecule has 1 N–H and O–H groups in total. The summed E-state index contributed by atoms with van der Waals surface area (Å²) < 4.78 is 0. The van der Waals surface area contributed by atoms with Crippen molar-refractivity contribution in [2.24, 2.45) is 0 Å². The summed E-state index contributed by atoms with van der Waals surface area (Å²) in [5, 5.41) is 1.67. The minimum atomic E-state index is -0.0470. The van der Waals surface area contributed by atoms with Crippen LogP contribution in [0.2, 0.25) is 0 Å². The minimum absolute atomic E-state index is 0.00293. The first kappa shape index (κ1) is 15.6. The van der Waals surface area contributed by atoms with Crippen molar-refractivity contribution in [1.82, 2.24) is 20.2 Å². The summed E-state index contributed by atoms with van der Waals surface area (Å²) in [7, 11) is 0. The molecule has 0 aromatic carbocycles. The number of halogens is 2. The number of nitrogens with one attached hydrogen (secondary N) is 1. The zero-order valence-corrected chi connectivity index (χ0v) is 12.9. The largest absolute Gasteiger partial charge is 0.340 e. The van der Waals surface area contributed by atoms with Gasteiger partial charge in [-0.3, -0.25) is 9.91 Å². The molecule has 2 rings (SSSR count). The third-order valence-electron chi connectivity index (χ3n) is 3.35. The average Bonchev–Trinajstić information content (AvgIpc) is 2.77. The molecule has 20 heavy (non-hydrogen) atoms. The molecule has 1 fully saturated rings. The Bertz CT molecular complexity index is 383. The predicted octanol–water partition coefficient (Wildman–Crippen LogP) is 1.81. The number of allylic oxidation sites excluding steroid dienone is 2. The number of nitrogens with zero attached hydrogens (tertiary/aromatic N) is 3. The maximum absolute atomic E-state index is 12.1. The summed E-state index contributed by atoms with van der Waals surface area (Å²) in [6, 6.07) is -0.00293. The number of alkyl halides is 2. The van der Waals surface area contributed by atoms with Crippen LogP contribution in [-0.2, 0) is 0 Å². The minimum Gasteiger partial charge on any atom is -0.301 e.